The number of hydrogen-bond donors (Lipinski definition) is 3. The Hall–Kier alpha value is -1.26. The van der Waals surface area contributed by atoms with Gasteiger partial charge in [0.15, 0.2) is 0 Å². The molecule has 3 atom stereocenters. The topological polar surface area (TPSA) is 78.4 Å². The van der Waals surface area contributed by atoms with E-state index in [9.17, 15) is 9.59 Å². The molecule has 0 aliphatic heterocycles. The number of carbonyl (C=O) groups excluding carboxylic acids is 1. The minimum atomic E-state index is -0.727. The molecule has 2 aliphatic carbocycles. The molecule has 5 nitrogen and oxygen atoms in total. The van der Waals surface area contributed by atoms with E-state index in [2.05, 4.69) is 17.6 Å². The van der Waals surface area contributed by atoms with Gasteiger partial charge in [-0.3, -0.25) is 4.79 Å². The average Bonchev–Trinajstić information content (AvgIpc) is 2.94. The summed E-state index contributed by atoms with van der Waals surface area (Å²) in [7, 11) is 0. The Balaban J connectivity index is 1.70. The van der Waals surface area contributed by atoms with Gasteiger partial charge in [-0.2, -0.15) is 0 Å². The van der Waals surface area contributed by atoms with Gasteiger partial charge in [-0.05, 0) is 44.4 Å². The number of urea groups is 1. The van der Waals surface area contributed by atoms with Gasteiger partial charge >= 0.3 is 12.0 Å². The summed E-state index contributed by atoms with van der Waals surface area (Å²) >= 11 is 0. The van der Waals surface area contributed by atoms with Gasteiger partial charge in [-0.25, -0.2) is 4.79 Å². The predicted molar refractivity (Wildman–Crippen MR) is 81.0 cm³/mol. The van der Waals surface area contributed by atoms with Crippen molar-refractivity contribution < 1.29 is 14.7 Å². The van der Waals surface area contributed by atoms with Crippen LogP contribution in [-0.4, -0.2) is 29.7 Å². The summed E-state index contributed by atoms with van der Waals surface area (Å²) in [4.78, 5) is 23.1. The van der Waals surface area contributed by atoms with Gasteiger partial charge in [0.05, 0.1) is 5.92 Å². The molecule has 0 saturated heterocycles. The maximum Gasteiger partial charge on any atom is 0.315 e. The second-order valence-corrected chi connectivity index (χ2v) is 6.68. The number of nitrogens with one attached hydrogen (secondary N) is 2. The van der Waals surface area contributed by atoms with Gasteiger partial charge in [0, 0.05) is 12.6 Å². The Morgan fingerprint density at radius 1 is 1.10 bits per heavy atom. The van der Waals surface area contributed by atoms with E-state index in [1.807, 2.05) is 0 Å². The lowest BCUT2D eigenvalue weighted by atomic mass is 9.85. The fourth-order valence-electron chi connectivity index (χ4n) is 3.84. The van der Waals surface area contributed by atoms with Gasteiger partial charge in [-0.1, -0.05) is 25.7 Å². The Kier molecular flexibility index (Phi) is 5.88. The van der Waals surface area contributed by atoms with Crippen LogP contribution in [0.5, 0.6) is 0 Å². The second-order valence-electron chi connectivity index (χ2n) is 6.68. The minimum absolute atomic E-state index is 0.0817. The monoisotopic (exact) mass is 296 g/mol. The molecule has 2 rings (SSSR count). The molecule has 2 aliphatic rings. The van der Waals surface area contributed by atoms with E-state index in [0.29, 0.717) is 12.5 Å². The van der Waals surface area contributed by atoms with Crippen LogP contribution in [0.25, 0.3) is 0 Å². The van der Waals surface area contributed by atoms with Crippen LogP contribution in [0.2, 0.25) is 0 Å². The third-order valence-electron chi connectivity index (χ3n) is 5.22. The first-order valence-electron chi connectivity index (χ1n) is 8.35. The summed E-state index contributed by atoms with van der Waals surface area (Å²) in [6, 6.07) is 0.0493. The molecule has 0 aromatic heterocycles. The Morgan fingerprint density at radius 2 is 1.81 bits per heavy atom. The SMILES string of the molecule is CC(NC(=O)NCC1CCCC1C(=O)O)C1CCCCC1. The average molecular weight is 296 g/mol. The molecule has 120 valence electrons. The summed E-state index contributed by atoms with van der Waals surface area (Å²) in [5, 5.41) is 15.0. The lowest BCUT2D eigenvalue weighted by Gasteiger charge is -2.28. The highest BCUT2D eigenvalue weighted by Crippen LogP contribution is 2.31. The zero-order chi connectivity index (χ0) is 15.2. The molecule has 0 bridgehead atoms. The quantitative estimate of drug-likeness (QED) is 0.730. The summed E-state index contributed by atoms with van der Waals surface area (Å²) in [6.07, 6.45) is 8.83. The van der Waals surface area contributed by atoms with Crippen LogP contribution >= 0.6 is 0 Å². The van der Waals surface area contributed by atoms with Crippen molar-refractivity contribution in [2.45, 2.75) is 64.3 Å². The predicted octanol–water partition coefficient (Wildman–Crippen LogP) is 2.76. The molecule has 2 amide bonds. The second kappa shape index (κ2) is 7.66. The zero-order valence-electron chi connectivity index (χ0n) is 12.9. The van der Waals surface area contributed by atoms with Crippen LogP contribution in [0.1, 0.15) is 58.3 Å². The molecule has 5 heteroatoms. The standard InChI is InChI=1S/C16H28N2O3/c1-11(12-6-3-2-4-7-12)18-16(21)17-10-13-8-5-9-14(13)15(19)20/h11-14H,2-10H2,1H3,(H,19,20)(H2,17,18,21). The lowest BCUT2D eigenvalue weighted by molar-refractivity contribution is -0.142. The molecular formula is C16H28N2O3. The number of rotatable bonds is 5. The number of carbonyl (C=O) groups is 2. The number of amides is 2. The number of aliphatic carboxylic acids is 1. The molecule has 0 aromatic carbocycles. The summed E-state index contributed by atoms with van der Waals surface area (Å²) < 4.78 is 0. The first kappa shape index (κ1) is 16.1. The fourth-order valence-corrected chi connectivity index (χ4v) is 3.84. The first-order chi connectivity index (χ1) is 10.1. The maximum absolute atomic E-state index is 12.0. The van der Waals surface area contributed by atoms with Crippen molar-refractivity contribution in [3.8, 4) is 0 Å². The number of hydrogen-bond acceptors (Lipinski definition) is 2. The van der Waals surface area contributed by atoms with Crippen molar-refractivity contribution in [3.05, 3.63) is 0 Å². The van der Waals surface area contributed by atoms with Crippen LogP contribution in [-0.2, 0) is 4.79 Å². The lowest BCUT2D eigenvalue weighted by Crippen LogP contribution is -2.46. The molecule has 2 saturated carbocycles. The van der Waals surface area contributed by atoms with E-state index in [1.165, 1.54) is 32.1 Å². The van der Waals surface area contributed by atoms with Crippen molar-refractivity contribution >= 4 is 12.0 Å². The van der Waals surface area contributed by atoms with Crippen LogP contribution in [0.3, 0.4) is 0 Å². The molecule has 21 heavy (non-hydrogen) atoms. The highest BCUT2D eigenvalue weighted by molar-refractivity contribution is 5.74. The molecule has 2 fully saturated rings. The minimum Gasteiger partial charge on any atom is -0.481 e. The van der Waals surface area contributed by atoms with Crippen molar-refractivity contribution in [2.75, 3.05) is 6.54 Å². The molecule has 0 aromatic rings. The van der Waals surface area contributed by atoms with Crippen LogP contribution in [0, 0.1) is 17.8 Å². The van der Waals surface area contributed by atoms with Crippen molar-refractivity contribution in [3.63, 3.8) is 0 Å². The summed E-state index contributed by atoms with van der Waals surface area (Å²) in [5.74, 6) is -0.350. The molecule has 0 heterocycles. The van der Waals surface area contributed by atoms with Gasteiger partial charge in [0.1, 0.15) is 0 Å². The van der Waals surface area contributed by atoms with E-state index in [1.54, 1.807) is 0 Å². The van der Waals surface area contributed by atoms with E-state index >= 15 is 0 Å². The van der Waals surface area contributed by atoms with Crippen molar-refractivity contribution in [2.24, 2.45) is 17.8 Å². The Bertz CT molecular complexity index is 367. The molecule has 3 N–H and O–H groups in total. The summed E-state index contributed by atoms with van der Waals surface area (Å²) in [6.45, 7) is 2.55. The Morgan fingerprint density at radius 3 is 2.48 bits per heavy atom. The van der Waals surface area contributed by atoms with E-state index in [-0.39, 0.29) is 23.9 Å². The van der Waals surface area contributed by atoms with Gasteiger partial charge in [0.2, 0.25) is 0 Å². The molecule has 0 radical (unpaired) electrons. The summed E-state index contributed by atoms with van der Waals surface area (Å²) in [5.41, 5.74) is 0. The third kappa shape index (κ3) is 4.61. The normalized spacial score (nSPS) is 28.0. The fraction of sp³-hybridized carbons (Fsp3) is 0.875. The zero-order valence-corrected chi connectivity index (χ0v) is 12.9. The Labute approximate surface area is 126 Å². The van der Waals surface area contributed by atoms with Crippen molar-refractivity contribution in [1.29, 1.82) is 0 Å². The first-order valence-corrected chi connectivity index (χ1v) is 8.35. The van der Waals surface area contributed by atoms with Crippen LogP contribution < -0.4 is 10.6 Å². The van der Waals surface area contributed by atoms with Gasteiger partial charge < -0.3 is 15.7 Å². The molecule has 3 unspecified atom stereocenters. The number of carboxylic acids is 1. The van der Waals surface area contributed by atoms with Crippen LogP contribution in [0.4, 0.5) is 4.79 Å². The third-order valence-corrected chi connectivity index (χ3v) is 5.22. The number of carboxylic acid groups (broad SMARTS) is 1. The maximum atomic E-state index is 12.0. The largest absolute Gasteiger partial charge is 0.481 e. The van der Waals surface area contributed by atoms with Gasteiger partial charge in [-0.15, -0.1) is 0 Å². The van der Waals surface area contributed by atoms with E-state index < -0.39 is 5.97 Å². The van der Waals surface area contributed by atoms with E-state index in [0.717, 1.165) is 19.3 Å². The molecular weight excluding hydrogens is 268 g/mol. The van der Waals surface area contributed by atoms with Gasteiger partial charge in [0.25, 0.3) is 0 Å². The van der Waals surface area contributed by atoms with E-state index in [4.69, 9.17) is 5.11 Å². The van der Waals surface area contributed by atoms with Crippen LogP contribution in [0.15, 0.2) is 0 Å². The smallest absolute Gasteiger partial charge is 0.315 e. The molecule has 0 spiro atoms. The van der Waals surface area contributed by atoms with Crippen molar-refractivity contribution in [1.82, 2.24) is 10.6 Å². The highest BCUT2D eigenvalue weighted by Gasteiger charge is 2.33. The highest BCUT2D eigenvalue weighted by atomic mass is 16.4.